The van der Waals surface area contributed by atoms with Gasteiger partial charge in [-0.3, -0.25) is 9.89 Å². The van der Waals surface area contributed by atoms with Crippen LogP contribution in [-0.2, 0) is 4.79 Å². The highest BCUT2D eigenvalue weighted by atomic mass is 16.5. The molecule has 1 aromatic heterocycles. The number of H-pyrrole nitrogens is 1. The number of benzene rings is 2. The fraction of sp³-hybridized carbons (Fsp3) is 0.360. The van der Waals surface area contributed by atoms with Crippen LogP contribution >= 0.6 is 0 Å². The summed E-state index contributed by atoms with van der Waals surface area (Å²) in [5.41, 5.74) is 2.88. The Morgan fingerprint density at radius 3 is 2.66 bits per heavy atom. The Hall–Kier alpha value is -3.32. The summed E-state index contributed by atoms with van der Waals surface area (Å²) in [5, 5.41) is 17.7. The first-order chi connectivity index (χ1) is 15.4. The molecule has 2 aromatic carbocycles. The fourth-order valence-electron chi connectivity index (χ4n) is 4.06. The number of hydrogen-bond donors (Lipinski definition) is 2. The number of carbonyl (C=O) groups is 1. The summed E-state index contributed by atoms with van der Waals surface area (Å²) in [6.07, 6.45) is 7.03. The number of phenolic OH excluding ortho intramolecular Hbond substituents is 1. The van der Waals surface area contributed by atoms with Crippen LogP contribution in [-0.4, -0.2) is 70.3 Å². The number of fused-ring (bicyclic) bond motifs is 1. The van der Waals surface area contributed by atoms with Crippen molar-refractivity contribution in [1.29, 1.82) is 0 Å². The van der Waals surface area contributed by atoms with Crippen molar-refractivity contribution in [2.75, 3.05) is 27.2 Å². The molecule has 3 aromatic rings. The number of rotatable bonds is 8. The fourth-order valence-corrected chi connectivity index (χ4v) is 4.06. The molecule has 7 heteroatoms. The van der Waals surface area contributed by atoms with E-state index in [1.807, 2.05) is 61.2 Å². The Morgan fingerprint density at radius 2 is 1.97 bits per heavy atom. The van der Waals surface area contributed by atoms with E-state index in [1.165, 1.54) is 0 Å². The maximum absolute atomic E-state index is 12.6. The number of amides is 1. The van der Waals surface area contributed by atoms with E-state index in [2.05, 4.69) is 10.2 Å². The van der Waals surface area contributed by atoms with Gasteiger partial charge in [-0.05, 0) is 56.4 Å². The SMILES string of the molecule is CCN(C(=O)/C=C/CN(C)C)[C@H]1C[C@@H](Oc2cc(-c3ccc(O)cc3)cc3[nH]ncc23)C1. The summed E-state index contributed by atoms with van der Waals surface area (Å²) in [5.74, 6) is 1.08. The van der Waals surface area contributed by atoms with Crippen LogP contribution in [0.2, 0.25) is 0 Å². The third-order valence-electron chi connectivity index (χ3n) is 5.88. The van der Waals surface area contributed by atoms with Crippen LogP contribution in [0.5, 0.6) is 11.5 Å². The van der Waals surface area contributed by atoms with E-state index in [1.54, 1.807) is 24.4 Å². The average Bonchev–Trinajstić information content (AvgIpc) is 3.21. The van der Waals surface area contributed by atoms with Gasteiger partial charge in [0.1, 0.15) is 17.6 Å². The Bertz CT molecular complexity index is 1100. The van der Waals surface area contributed by atoms with Gasteiger partial charge in [-0.1, -0.05) is 18.2 Å². The topological polar surface area (TPSA) is 81.7 Å². The molecule has 0 spiro atoms. The number of hydrogen-bond acceptors (Lipinski definition) is 5. The van der Waals surface area contributed by atoms with E-state index >= 15 is 0 Å². The van der Waals surface area contributed by atoms with Gasteiger partial charge >= 0.3 is 0 Å². The molecule has 1 heterocycles. The molecule has 0 radical (unpaired) electrons. The van der Waals surface area contributed by atoms with Gasteiger partial charge in [0.05, 0.1) is 17.1 Å². The lowest BCUT2D eigenvalue weighted by Gasteiger charge is -2.42. The van der Waals surface area contributed by atoms with E-state index in [-0.39, 0.29) is 23.8 Å². The van der Waals surface area contributed by atoms with Crippen LogP contribution in [0, 0.1) is 0 Å². The van der Waals surface area contributed by atoms with Gasteiger partial charge in [0.15, 0.2) is 0 Å². The molecule has 0 saturated heterocycles. The minimum atomic E-state index is 0.0563. The zero-order valence-corrected chi connectivity index (χ0v) is 18.8. The summed E-state index contributed by atoms with van der Waals surface area (Å²) in [7, 11) is 3.96. The number of carbonyl (C=O) groups excluding carboxylic acids is 1. The molecule has 32 heavy (non-hydrogen) atoms. The molecule has 2 N–H and O–H groups in total. The van der Waals surface area contributed by atoms with Gasteiger partial charge in [-0.15, -0.1) is 0 Å². The summed E-state index contributed by atoms with van der Waals surface area (Å²) >= 11 is 0. The lowest BCUT2D eigenvalue weighted by molar-refractivity contribution is -0.131. The lowest BCUT2D eigenvalue weighted by atomic mass is 9.87. The smallest absolute Gasteiger partial charge is 0.246 e. The largest absolute Gasteiger partial charge is 0.508 e. The zero-order valence-electron chi connectivity index (χ0n) is 18.8. The van der Waals surface area contributed by atoms with Crippen molar-refractivity contribution < 1.29 is 14.6 Å². The van der Waals surface area contributed by atoms with Crippen molar-refractivity contribution in [3.05, 3.63) is 54.7 Å². The maximum atomic E-state index is 12.6. The Morgan fingerprint density at radius 1 is 1.22 bits per heavy atom. The summed E-state index contributed by atoms with van der Waals surface area (Å²) in [4.78, 5) is 16.5. The molecule has 1 aliphatic carbocycles. The molecule has 1 fully saturated rings. The molecule has 1 saturated carbocycles. The first-order valence-corrected chi connectivity index (χ1v) is 11.0. The number of aromatic amines is 1. The number of nitrogens with zero attached hydrogens (tertiary/aromatic N) is 3. The van der Waals surface area contributed by atoms with Gasteiger partial charge in [0.25, 0.3) is 0 Å². The number of ether oxygens (including phenoxy) is 1. The molecule has 7 nitrogen and oxygen atoms in total. The summed E-state index contributed by atoms with van der Waals surface area (Å²) in [6.45, 7) is 3.45. The van der Waals surface area contributed by atoms with Crippen LogP contribution in [0.4, 0.5) is 0 Å². The number of aromatic nitrogens is 2. The molecule has 1 aliphatic rings. The van der Waals surface area contributed by atoms with Gasteiger partial charge < -0.3 is 19.6 Å². The van der Waals surface area contributed by atoms with Gasteiger partial charge in [0.2, 0.25) is 5.91 Å². The minimum absolute atomic E-state index is 0.0563. The quantitative estimate of drug-likeness (QED) is 0.527. The molecule has 0 atom stereocenters. The predicted octanol–water partition coefficient (Wildman–Crippen LogP) is 3.81. The first kappa shape index (κ1) is 21.9. The molecular weight excluding hydrogens is 404 g/mol. The van der Waals surface area contributed by atoms with Crippen LogP contribution in [0.1, 0.15) is 19.8 Å². The maximum Gasteiger partial charge on any atom is 0.246 e. The Kier molecular flexibility index (Phi) is 6.46. The van der Waals surface area contributed by atoms with E-state index in [4.69, 9.17) is 4.74 Å². The second-order valence-corrected chi connectivity index (χ2v) is 8.51. The van der Waals surface area contributed by atoms with E-state index < -0.39 is 0 Å². The van der Waals surface area contributed by atoms with E-state index in [9.17, 15) is 9.90 Å². The normalized spacial score (nSPS) is 18.2. The van der Waals surface area contributed by atoms with Crippen molar-refractivity contribution in [2.24, 2.45) is 0 Å². The van der Waals surface area contributed by atoms with Crippen LogP contribution in [0.3, 0.4) is 0 Å². The second-order valence-electron chi connectivity index (χ2n) is 8.51. The molecular formula is C25H30N4O3. The zero-order chi connectivity index (χ0) is 22.7. The second kappa shape index (κ2) is 9.44. The molecule has 0 aliphatic heterocycles. The summed E-state index contributed by atoms with van der Waals surface area (Å²) < 4.78 is 6.35. The number of phenols is 1. The predicted molar refractivity (Wildman–Crippen MR) is 126 cm³/mol. The average molecular weight is 435 g/mol. The Labute approximate surface area is 188 Å². The van der Waals surface area contributed by atoms with Gasteiger partial charge in [-0.2, -0.15) is 5.10 Å². The number of likely N-dealkylation sites (N-methyl/N-ethyl adjacent to an activating group) is 2. The van der Waals surface area contributed by atoms with Crippen molar-refractivity contribution in [1.82, 2.24) is 20.0 Å². The van der Waals surface area contributed by atoms with E-state index in [0.29, 0.717) is 6.54 Å². The summed E-state index contributed by atoms with van der Waals surface area (Å²) in [6, 6.07) is 11.4. The molecule has 0 bridgehead atoms. The van der Waals surface area contributed by atoms with Gasteiger partial charge in [0, 0.05) is 38.0 Å². The van der Waals surface area contributed by atoms with Crippen molar-refractivity contribution >= 4 is 16.8 Å². The first-order valence-electron chi connectivity index (χ1n) is 11.0. The van der Waals surface area contributed by atoms with Gasteiger partial charge in [-0.25, -0.2) is 0 Å². The molecule has 4 rings (SSSR count). The highest BCUT2D eigenvalue weighted by Gasteiger charge is 2.36. The van der Waals surface area contributed by atoms with Crippen molar-refractivity contribution in [3.8, 4) is 22.6 Å². The Balaban J connectivity index is 1.45. The molecule has 168 valence electrons. The van der Waals surface area contributed by atoms with Crippen LogP contribution in [0.25, 0.3) is 22.0 Å². The molecule has 0 unspecified atom stereocenters. The number of nitrogens with one attached hydrogen (secondary N) is 1. The molecule has 1 amide bonds. The minimum Gasteiger partial charge on any atom is -0.508 e. The number of aromatic hydroxyl groups is 1. The lowest BCUT2D eigenvalue weighted by Crippen LogP contribution is -2.51. The van der Waals surface area contributed by atoms with Crippen molar-refractivity contribution in [3.63, 3.8) is 0 Å². The van der Waals surface area contributed by atoms with Crippen molar-refractivity contribution in [2.45, 2.75) is 31.9 Å². The standard InChI is InChI=1S/C25H30N4O3/c1-4-29(25(31)6-5-11-28(2)3)19-14-21(15-19)32-24-13-18(12-23-22(24)16-26-27-23)17-7-9-20(30)10-8-17/h5-10,12-13,16,19,21,30H,4,11,14-15H2,1-3H3,(H,26,27)/b6-5+/t19-,21+. The van der Waals surface area contributed by atoms with Crippen LogP contribution < -0.4 is 4.74 Å². The monoisotopic (exact) mass is 434 g/mol. The highest BCUT2D eigenvalue weighted by molar-refractivity contribution is 5.90. The third kappa shape index (κ3) is 4.78. The van der Waals surface area contributed by atoms with Crippen LogP contribution in [0.15, 0.2) is 54.7 Å². The highest BCUT2D eigenvalue weighted by Crippen LogP contribution is 2.36. The third-order valence-corrected chi connectivity index (χ3v) is 5.88. The van der Waals surface area contributed by atoms with E-state index in [0.717, 1.165) is 47.2 Å².